The van der Waals surface area contributed by atoms with Crippen molar-refractivity contribution in [3.8, 4) is 0 Å². The maximum absolute atomic E-state index is 2.59. The monoisotopic (exact) mass is 270 g/mol. The van der Waals surface area contributed by atoms with Gasteiger partial charge in [0.25, 0.3) is 0 Å². The van der Waals surface area contributed by atoms with Crippen LogP contribution in [0.15, 0.2) is 35.9 Å². The summed E-state index contributed by atoms with van der Waals surface area (Å²) in [4.78, 5) is 0. The fourth-order valence-corrected chi connectivity index (χ4v) is 4.00. The Bertz CT molecular complexity index is 463. The van der Waals surface area contributed by atoms with Crippen molar-refractivity contribution in [2.75, 3.05) is 0 Å². The summed E-state index contributed by atoms with van der Waals surface area (Å²) in [6.45, 7) is 4.59. The summed E-state index contributed by atoms with van der Waals surface area (Å²) in [6, 6.07) is 9.19. The van der Waals surface area contributed by atoms with Gasteiger partial charge in [-0.25, -0.2) is 0 Å². The van der Waals surface area contributed by atoms with Gasteiger partial charge in [0.05, 0.1) is 0 Å². The van der Waals surface area contributed by atoms with E-state index >= 15 is 0 Å². The van der Waals surface area contributed by atoms with Crippen molar-refractivity contribution in [2.24, 2.45) is 11.8 Å². The van der Waals surface area contributed by atoms with E-state index in [-0.39, 0.29) is 1.43 Å². The molecule has 2 aliphatic rings. The van der Waals surface area contributed by atoms with Crippen molar-refractivity contribution in [2.45, 2.75) is 64.7 Å². The molecule has 0 saturated heterocycles. The Hall–Kier alpha value is -1.04. The van der Waals surface area contributed by atoms with E-state index in [1.165, 1.54) is 50.5 Å². The third-order valence-corrected chi connectivity index (χ3v) is 5.54. The van der Waals surface area contributed by atoms with E-state index in [9.17, 15) is 0 Å². The molecule has 1 saturated carbocycles. The van der Waals surface area contributed by atoms with Crippen LogP contribution >= 0.6 is 0 Å². The Morgan fingerprint density at radius 1 is 0.900 bits per heavy atom. The van der Waals surface area contributed by atoms with Crippen molar-refractivity contribution < 1.29 is 1.43 Å². The van der Waals surface area contributed by atoms with Crippen molar-refractivity contribution in [1.29, 1.82) is 0 Å². The van der Waals surface area contributed by atoms with Crippen LogP contribution in [0.25, 0.3) is 0 Å². The molecule has 0 heteroatoms. The molecule has 1 atom stereocenters. The smallest absolute Gasteiger partial charge is 0 e. The lowest BCUT2D eigenvalue weighted by Gasteiger charge is -2.32. The van der Waals surface area contributed by atoms with E-state index in [1.807, 2.05) is 0 Å². The lowest BCUT2D eigenvalue weighted by Crippen LogP contribution is -2.17. The van der Waals surface area contributed by atoms with E-state index in [1.54, 1.807) is 11.1 Å². The van der Waals surface area contributed by atoms with Gasteiger partial charge in [0.15, 0.2) is 0 Å². The highest BCUT2D eigenvalue weighted by molar-refractivity contribution is 5.27. The molecule has 0 heterocycles. The minimum Gasteiger partial charge on any atom is -0.0844 e. The SMILES string of the molecule is Cc1ccc(C2CC=C(C3CCC(C)CC3)CC2)cc1.[HH]. The molecule has 0 bridgehead atoms. The number of hydrogen-bond donors (Lipinski definition) is 0. The second kappa shape index (κ2) is 6.16. The third-order valence-electron chi connectivity index (χ3n) is 5.54. The minimum absolute atomic E-state index is 0. The zero-order chi connectivity index (χ0) is 13.9. The Labute approximate surface area is 125 Å². The standard InChI is InChI=1S/C20H28.H2/c1-15-3-7-17(8-4-15)19-11-13-20(14-12-19)18-9-5-16(2)6-10-18;/h3-4,7-8,13,16,18-19H,5-6,9-12,14H2,1-2H3;1H. The van der Waals surface area contributed by atoms with Crippen LogP contribution in [-0.2, 0) is 0 Å². The van der Waals surface area contributed by atoms with E-state index < -0.39 is 0 Å². The van der Waals surface area contributed by atoms with E-state index in [2.05, 4.69) is 44.2 Å². The molecule has 0 aromatic heterocycles. The summed E-state index contributed by atoms with van der Waals surface area (Å²) >= 11 is 0. The van der Waals surface area contributed by atoms with Crippen LogP contribution in [0.5, 0.6) is 0 Å². The van der Waals surface area contributed by atoms with Gasteiger partial charge in [-0.1, -0.05) is 61.2 Å². The first-order chi connectivity index (χ1) is 9.72. The van der Waals surface area contributed by atoms with Gasteiger partial charge < -0.3 is 0 Å². The molecular weight excluding hydrogens is 240 g/mol. The summed E-state index contributed by atoms with van der Waals surface area (Å²) in [5.74, 6) is 2.66. The quantitative estimate of drug-likeness (QED) is 0.556. The van der Waals surface area contributed by atoms with Gasteiger partial charge in [0.1, 0.15) is 0 Å². The average Bonchev–Trinajstić information content (AvgIpc) is 2.49. The second-order valence-electron chi connectivity index (χ2n) is 7.12. The maximum atomic E-state index is 2.59. The van der Waals surface area contributed by atoms with Gasteiger partial charge in [-0.3, -0.25) is 0 Å². The van der Waals surface area contributed by atoms with Gasteiger partial charge in [0.2, 0.25) is 0 Å². The van der Waals surface area contributed by atoms with Crippen LogP contribution < -0.4 is 0 Å². The lowest BCUT2D eigenvalue weighted by atomic mass is 9.74. The normalized spacial score (nSPS) is 30.9. The molecule has 0 aliphatic heterocycles. The molecule has 0 radical (unpaired) electrons. The number of benzene rings is 1. The van der Waals surface area contributed by atoms with Gasteiger partial charge >= 0.3 is 0 Å². The largest absolute Gasteiger partial charge is 0.0844 e. The van der Waals surface area contributed by atoms with Gasteiger partial charge in [0, 0.05) is 1.43 Å². The highest BCUT2D eigenvalue weighted by atomic mass is 14.3. The minimum atomic E-state index is 0. The van der Waals surface area contributed by atoms with Gasteiger partial charge in [-0.2, -0.15) is 0 Å². The van der Waals surface area contributed by atoms with E-state index in [0.29, 0.717) is 0 Å². The predicted molar refractivity (Wildman–Crippen MR) is 89.1 cm³/mol. The summed E-state index contributed by atoms with van der Waals surface area (Å²) in [6.07, 6.45) is 12.4. The van der Waals surface area contributed by atoms with Crippen LogP contribution in [0.2, 0.25) is 0 Å². The summed E-state index contributed by atoms with van der Waals surface area (Å²) in [5, 5.41) is 0. The number of hydrogen-bond acceptors (Lipinski definition) is 0. The van der Waals surface area contributed by atoms with Crippen LogP contribution in [0, 0.1) is 18.8 Å². The molecule has 20 heavy (non-hydrogen) atoms. The molecule has 3 rings (SSSR count). The van der Waals surface area contributed by atoms with Crippen molar-refractivity contribution in [1.82, 2.24) is 0 Å². The van der Waals surface area contributed by atoms with Crippen LogP contribution in [0.4, 0.5) is 0 Å². The fraction of sp³-hybridized carbons (Fsp3) is 0.600. The Balaban J connectivity index is 0.00000161. The number of allylic oxidation sites excluding steroid dienone is 2. The average molecular weight is 270 g/mol. The number of aryl methyl sites for hydroxylation is 1. The molecule has 110 valence electrons. The van der Waals surface area contributed by atoms with E-state index in [0.717, 1.165) is 17.8 Å². The van der Waals surface area contributed by atoms with Crippen LogP contribution in [0.1, 0.15) is 70.3 Å². The first-order valence-corrected chi connectivity index (χ1v) is 8.48. The van der Waals surface area contributed by atoms with E-state index in [4.69, 9.17) is 0 Å². The first-order valence-electron chi connectivity index (χ1n) is 8.48. The molecule has 1 aromatic carbocycles. The highest BCUT2D eigenvalue weighted by Crippen LogP contribution is 2.40. The molecule has 2 aliphatic carbocycles. The zero-order valence-corrected chi connectivity index (χ0v) is 13.1. The molecule has 0 spiro atoms. The molecule has 1 unspecified atom stereocenters. The van der Waals surface area contributed by atoms with Gasteiger partial charge in [-0.05, 0) is 62.3 Å². The highest BCUT2D eigenvalue weighted by Gasteiger charge is 2.24. The molecule has 1 aromatic rings. The topological polar surface area (TPSA) is 0 Å². The van der Waals surface area contributed by atoms with Gasteiger partial charge in [-0.15, -0.1) is 0 Å². The summed E-state index contributed by atoms with van der Waals surface area (Å²) < 4.78 is 0. The molecule has 1 fully saturated rings. The maximum Gasteiger partial charge on any atom is 0 e. The Kier molecular flexibility index (Phi) is 4.29. The third kappa shape index (κ3) is 3.16. The number of rotatable bonds is 2. The summed E-state index contributed by atoms with van der Waals surface area (Å²) in [7, 11) is 0. The summed E-state index contributed by atoms with van der Waals surface area (Å²) in [5.41, 5.74) is 4.71. The second-order valence-corrected chi connectivity index (χ2v) is 7.12. The predicted octanol–water partition coefficient (Wildman–Crippen LogP) is 6.26. The molecule has 0 N–H and O–H groups in total. The lowest BCUT2D eigenvalue weighted by molar-refractivity contribution is 0.310. The van der Waals surface area contributed by atoms with Crippen molar-refractivity contribution >= 4 is 0 Å². The fourth-order valence-electron chi connectivity index (χ4n) is 4.00. The Morgan fingerprint density at radius 3 is 2.20 bits per heavy atom. The van der Waals surface area contributed by atoms with Crippen molar-refractivity contribution in [3.63, 3.8) is 0 Å². The molecule has 0 nitrogen and oxygen atoms in total. The Morgan fingerprint density at radius 2 is 1.60 bits per heavy atom. The van der Waals surface area contributed by atoms with Crippen molar-refractivity contribution in [3.05, 3.63) is 47.0 Å². The molecule has 0 amide bonds. The first kappa shape index (κ1) is 13.9. The molecular formula is C20H30. The zero-order valence-electron chi connectivity index (χ0n) is 13.1. The van der Waals surface area contributed by atoms with Crippen LogP contribution in [0.3, 0.4) is 0 Å². The van der Waals surface area contributed by atoms with Crippen LogP contribution in [-0.4, -0.2) is 0 Å².